The number of hydrogen-bond donors (Lipinski definition) is 0. The van der Waals surface area contributed by atoms with Gasteiger partial charge in [0.25, 0.3) is 0 Å². The predicted octanol–water partition coefficient (Wildman–Crippen LogP) is 2.14. The van der Waals surface area contributed by atoms with Gasteiger partial charge in [-0.2, -0.15) is 0 Å². The van der Waals surface area contributed by atoms with E-state index < -0.39 is 0 Å². The molecule has 0 atom stereocenters. The molecular weight excluding hydrogens is 232 g/mol. The summed E-state index contributed by atoms with van der Waals surface area (Å²) in [5.41, 5.74) is 0. The van der Waals surface area contributed by atoms with Crippen molar-refractivity contribution < 1.29 is 18.9 Å². The molecule has 0 aliphatic rings. The molecule has 18 heavy (non-hydrogen) atoms. The lowest BCUT2D eigenvalue weighted by Crippen LogP contribution is -2.12. The van der Waals surface area contributed by atoms with Crippen molar-refractivity contribution in [3.8, 4) is 5.75 Å². The van der Waals surface area contributed by atoms with Crippen LogP contribution in [0.25, 0.3) is 0 Å². The SMILES string of the molecule is CCOCCOCCOCCOc1ccccc1. The molecule has 0 bridgehead atoms. The zero-order valence-corrected chi connectivity index (χ0v) is 11.0. The molecular formula is C14H22O4. The van der Waals surface area contributed by atoms with Crippen LogP contribution in [-0.2, 0) is 14.2 Å². The Kier molecular flexibility index (Phi) is 9.16. The van der Waals surface area contributed by atoms with Crippen LogP contribution in [-0.4, -0.2) is 46.2 Å². The average Bonchev–Trinajstić information content (AvgIpc) is 2.42. The molecule has 1 aromatic rings. The maximum absolute atomic E-state index is 5.48. The van der Waals surface area contributed by atoms with E-state index in [0.717, 1.165) is 12.4 Å². The molecule has 1 rings (SSSR count). The van der Waals surface area contributed by atoms with Gasteiger partial charge in [-0.25, -0.2) is 0 Å². The molecule has 0 radical (unpaired) electrons. The van der Waals surface area contributed by atoms with E-state index >= 15 is 0 Å². The first-order chi connectivity index (χ1) is 8.93. The van der Waals surface area contributed by atoms with E-state index in [9.17, 15) is 0 Å². The topological polar surface area (TPSA) is 36.9 Å². The maximum atomic E-state index is 5.48. The van der Waals surface area contributed by atoms with Crippen LogP contribution in [0, 0.1) is 0 Å². The summed E-state index contributed by atoms with van der Waals surface area (Å²) in [6.45, 7) is 6.28. The normalized spacial score (nSPS) is 10.5. The molecule has 0 aromatic heterocycles. The van der Waals surface area contributed by atoms with Crippen LogP contribution < -0.4 is 4.74 Å². The van der Waals surface area contributed by atoms with E-state index in [2.05, 4.69) is 0 Å². The first-order valence-electron chi connectivity index (χ1n) is 6.34. The summed E-state index contributed by atoms with van der Waals surface area (Å²) in [5.74, 6) is 0.870. The third kappa shape index (κ3) is 8.06. The van der Waals surface area contributed by atoms with Crippen molar-refractivity contribution >= 4 is 0 Å². The Labute approximate surface area is 109 Å². The highest BCUT2D eigenvalue weighted by atomic mass is 16.6. The minimum atomic E-state index is 0.558. The van der Waals surface area contributed by atoms with E-state index in [4.69, 9.17) is 18.9 Å². The number of hydrogen-bond acceptors (Lipinski definition) is 4. The van der Waals surface area contributed by atoms with Gasteiger partial charge in [0.05, 0.1) is 33.0 Å². The zero-order valence-electron chi connectivity index (χ0n) is 11.0. The molecule has 0 saturated carbocycles. The molecule has 1 aromatic carbocycles. The third-order valence-electron chi connectivity index (χ3n) is 2.19. The van der Waals surface area contributed by atoms with Crippen molar-refractivity contribution in [2.24, 2.45) is 0 Å². The Morgan fingerprint density at radius 2 is 1.28 bits per heavy atom. The molecule has 0 heterocycles. The minimum Gasteiger partial charge on any atom is -0.491 e. The van der Waals surface area contributed by atoms with Gasteiger partial charge in [-0.3, -0.25) is 0 Å². The van der Waals surface area contributed by atoms with Crippen molar-refractivity contribution in [1.82, 2.24) is 0 Å². The van der Waals surface area contributed by atoms with Crippen molar-refractivity contribution in [2.45, 2.75) is 6.92 Å². The third-order valence-corrected chi connectivity index (χ3v) is 2.19. The van der Waals surface area contributed by atoms with Gasteiger partial charge >= 0.3 is 0 Å². The Balaban J connectivity index is 1.82. The van der Waals surface area contributed by atoms with Gasteiger partial charge in [-0.05, 0) is 19.1 Å². The summed E-state index contributed by atoms with van der Waals surface area (Å²) < 4.78 is 21.3. The van der Waals surface area contributed by atoms with Crippen molar-refractivity contribution in [2.75, 3.05) is 46.2 Å². The maximum Gasteiger partial charge on any atom is 0.119 e. The van der Waals surface area contributed by atoms with Gasteiger partial charge in [0.2, 0.25) is 0 Å². The molecule has 0 aliphatic heterocycles. The fourth-order valence-electron chi connectivity index (χ4n) is 1.32. The molecule has 102 valence electrons. The molecule has 0 N–H and O–H groups in total. The van der Waals surface area contributed by atoms with E-state index in [-0.39, 0.29) is 0 Å². The summed E-state index contributed by atoms with van der Waals surface area (Å²) >= 11 is 0. The smallest absolute Gasteiger partial charge is 0.119 e. The number of ether oxygens (including phenoxy) is 4. The largest absolute Gasteiger partial charge is 0.491 e. The lowest BCUT2D eigenvalue weighted by Gasteiger charge is -2.07. The Bertz CT molecular complexity index is 276. The molecule has 0 unspecified atom stereocenters. The predicted molar refractivity (Wildman–Crippen MR) is 70.1 cm³/mol. The molecule has 0 saturated heterocycles. The molecule has 4 heteroatoms. The van der Waals surface area contributed by atoms with Gasteiger partial charge in [0, 0.05) is 6.61 Å². The Morgan fingerprint density at radius 3 is 1.89 bits per heavy atom. The second-order valence-electron chi connectivity index (χ2n) is 3.58. The summed E-state index contributed by atoms with van der Waals surface area (Å²) in [5, 5.41) is 0. The van der Waals surface area contributed by atoms with Crippen LogP contribution in [0.15, 0.2) is 30.3 Å². The number of para-hydroxylation sites is 1. The Morgan fingerprint density at radius 1 is 0.722 bits per heavy atom. The fraction of sp³-hybridized carbons (Fsp3) is 0.571. The summed E-state index contributed by atoms with van der Waals surface area (Å²) in [6.07, 6.45) is 0. The average molecular weight is 254 g/mol. The fourth-order valence-corrected chi connectivity index (χ4v) is 1.32. The molecule has 4 nitrogen and oxygen atoms in total. The monoisotopic (exact) mass is 254 g/mol. The van der Waals surface area contributed by atoms with Crippen LogP contribution in [0.3, 0.4) is 0 Å². The zero-order chi connectivity index (χ0) is 12.9. The second-order valence-corrected chi connectivity index (χ2v) is 3.58. The standard InChI is InChI=1S/C14H22O4/c1-2-15-8-9-16-10-11-17-12-13-18-14-6-4-3-5-7-14/h3-7H,2,8-13H2,1H3. The van der Waals surface area contributed by atoms with Crippen LogP contribution in [0.5, 0.6) is 5.75 Å². The highest BCUT2D eigenvalue weighted by molar-refractivity contribution is 5.20. The quantitative estimate of drug-likeness (QED) is 0.567. The van der Waals surface area contributed by atoms with Crippen LogP contribution in [0.4, 0.5) is 0 Å². The lowest BCUT2D eigenvalue weighted by atomic mass is 10.3. The summed E-state index contributed by atoms with van der Waals surface area (Å²) in [6, 6.07) is 9.71. The van der Waals surface area contributed by atoms with E-state index in [0.29, 0.717) is 39.6 Å². The minimum absolute atomic E-state index is 0.558. The van der Waals surface area contributed by atoms with Crippen molar-refractivity contribution in [3.63, 3.8) is 0 Å². The first kappa shape index (κ1) is 15.0. The number of benzene rings is 1. The van der Waals surface area contributed by atoms with E-state index in [1.807, 2.05) is 37.3 Å². The van der Waals surface area contributed by atoms with Gasteiger partial charge in [-0.15, -0.1) is 0 Å². The van der Waals surface area contributed by atoms with E-state index in [1.54, 1.807) is 0 Å². The second kappa shape index (κ2) is 11.0. The highest BCUT2D eigenvalue weighted by Gasteiger charge is 1.93. The van der Waals surface area contributed by atoms with E-state index in [1.165, 1.54) is 0 Å². The van der Waals surface area contributed by atoms with Gasteiger partial charge in [-0.1, -0.05) is 18.2 Å². The highest BCUT2D eigenvalue weighted by Crippen LogP contribution is 2.07. The van der Waals surface area contributed by atoms with Crippen molar-refractivity contribution in [3.05, 3.63) is 30.3 Å². The summed E-state index contributed by atoms with van der Waals surface area (Å²) in [4.78, 5) is 0. The van der Waals surface area contributed by atoms with Gasteiger partial charge in [0.1, 0.15) is 12.4 Å². The number of rotatable bonds is 11. The van der Waals surface area contributed by atoms with Crippen molar-refractivity contribution in [1.29, 1.82) is 0 Å². The van der Waals surface area contributed by atoms with Crippen LogP contribution >= 0.6 is 0 Å². The van der Waals surface area contributed by atoms with Gasteiger partial charge < -0.3 is 18.9 Å². The van der Waals surface area contributed by atoms with Gasteiger partial charge in [0.15, 0.2) is 0 Å². The molecule has 0 aliphatic carbocycles. The summed E-state index contributed by atoms with van der Waals surface area (Å²) in [7, 11) is 0. The first-order valence-corrected chi connectivity index (χ1v) is 6.34. The molecule has 0 spiro atoms. The van der Waals surface area contributed by atoms with Crippen LogP contribution in [0.1, 0.15) is 6.92 Å². The molecule has 0 amide bonds. The van der Waals surface area contributed by atoms with Crippen LogP contribution in [0.2, 0.25) is 0 Å². The molecule has 0 fully saturated rings. The Hall–Kier alpha value is -1.10. The lowest BCUT2D eigenvalue weighted by molar-refractivity contribution is 0.0114.